The van der Waals surface area contributed by atoms with Crippen molar-refractivity contribution in [2.24, 2.45) is 4.99 Å². The highest BCUT2D eigenvalue weighted by molar-refractivity contribution is 6.02. The normalized spacial score (nSPS) is 12.6. The van der Waals surface area contributed by atoms with Crippen molar-refractivity contribution < 1.29 is 5.21 Å². The van der Waals surface area contributed by atoms with Crippen LogP contribution in [0.15, 0.2) is 53.5 Å². The Morgan fingerprint density at radius 2 is 1.65 bits per heavy atom. The lowest BCUT2D eigenvalue weighted by molar-refractivity contribution is 0.234. The van der Waals surface area contributed by atoms with Crippen molar-refractivity contribution in [3.05, 3.63) is 48.5 Å². The van der Waals surface area contributed by atoms with Crippen LogP contribution >= 0.6 is 0 Å². The minimum Gasteiger partial charge on any atom is -0.324 e. The van der Waals surface area contributed by atoms with Gasteiger partial charge in [-0.1, -0.05) is 36.4 Å². The molecule has 4 nitrogen and oxygen atoms in total. The van der Waals surface area contributed by atoms with Crippen molar-refractivity contribution >= 4 is 17.3 Å². The van der Waals surface area contributed by atoms with Gasteiger partial charge in [0.2, 0.25) is 5.96 Å². The van der Waals surface area contributed by atoms with E-state index in [0.29, 0.717) is 5.96 Å². The third kappa shape index (κ3) is 1.64. The lowest BCUT2D eigenvalue weighted by Crippen LogP contribution is -2.26. The topological polar surface area (TPSA) is 56.6 Å². The first kappa shape index (κ1) is 9.86. The second kappa shape index (κ2) is 3.92. The summed E-state index contributed by atoms with van der Waals surface area (Å²) in [5.41, 5.74) is 5.91. The van der Waals surface area contributed by atoms with Gasteiger partial charge in [-0.05, 0) is 12.1 Å². The first-order valence-electron chi connectivity index (χ1n) is 5.33. The first-order chi connectivity index (χ1) is 8.38. The maximum Gasteiger partial charge on any atom is 0.225 e. The van der Waals surface area contributed by atoms with Crippen LogP contribution in [0.5, 0.6) is 0 Å². The van der Waals surface area contributed by atoms with E-state index in [4.69, 9.17) is 5.21 Å². The van der Waals surface area contributed by atoms with Crippen molar-refractivity contribution in [2.75, 3.05) is 5.32 Å². The van der Waals surface area contributed by atoms with E-state index in [2.05, 4.69) is 15.8 Å². The molecular formula is C13H11N3O. The molecule has 2 aromatic rings. The zero-order chi connectivity index (χ0) is 11.7. The Hall–Kier alpha value is -2.33. The summed E-state index contributed by atoms with van der Waals surface area (Å²) in [6.45, 7) is 0. The van der Waals surface area contributed by atoms with Gasteiger partial charge >= 0.3 is 0 Å². The average molecular weight is 225 g/mol. The number of anilines is 1. The van der Waals surface area contributed by atoms with E-state index >= 15 is 0 Å². The van der Waals surface area contributed by atoms with Crippen LogP contribution in [0.25, 0.3) is 11.1 Å². The molecule has 3 rings (SSSR count). The molecule has 0 atom stereocenters. The lowest BCUT2D eigenvalue weighted by Gasteiger charge is -2.08. The molecule has 0 amide bonds. The molecule has 1 heterocycles. The van der Waals surface area contributed by atoms with E-state index < -0.39 is 0 Å². The molecule has 1 aliphatic rings. The molecule has 17 heavy (non-hydrogen) atoms. The molecule has 0 unspecified atom stereocenters. The fourth-order valence-corrected chi connectivity index (χ4v) is 1.95. The number of hydrogen-bond acceptors (Lipinski definition) is 4. The number of aliphatic imine (C=N–C) groups is 1. The Labute approximate surface area is 98.6 Å². The largest absolute Gasteiger partial charge is 0.324 e. The van der Waals surface area contributed by atoms with Gasteiger partial charge in [-0.2, -0.15) is 0 Å². The molecule has 0 saturated carbocycles. The summed E-state index contributed by atoms with van der Waals surface area (Å²) in [5.74, 6) is 0.322. The number of para-hydroxylation sites is 2. The molecule has 0 radical (unpaired) electrons. The van der Waals surface area contributed by atoms with Crippen LogP contribution in [0.1, 0.15) is 0 Å². The van der Waals surface area contributed by atoms with Gasteiger partial charge in [0.25, 0.3) is 0 Å². The molecule has 0 bridgehead atoms. The zero-order valence-electron chi connectivity index (χ0n) is 9.01. The second-order valence-corrected chi connectivity index (χ2v) is 3.76. The van der Waals surface area contributed by atoms with Gasteiger partial charge in [0.1, 0.15) is 0 Å². The van der Waals surface area contributed by atoms with E-state index in [1.165, 1.54) is 0 Å². The molecular weight excluding hydrogens is 214 g/mol. The van der Waals surface area contributed by atoms with Gasteiger partial charge in [-0.3, -0.25) is 5.21 Å². The summed E-state index contributed by atoms with van der Waals surface area (Å²) in [6.07, 6.45) is 0. The molecule has 0 aliphatic carbocycles. The second-order valence-electron chi connectivity index (χ2n) is 3.76. The maximum atomic E-state index is 9.02. The Morgan fingerprint density at radius 3 is 2.47 bits per heavy atom. The van der Waals surface area contributed by atoms with Crippen LogP contribution in [0.4, 0.5) is 11.4 Å². The van der Waals surface area contributed by atoms with Crippen molar-refractivity contribution in [1.82, 2.24) is 5.48 Å². The number of guanidine groups is 1. The predicted molar refractivity (Wildman–Crippen MR) is 67.5 cm³/mol. The number of fused-ring (bicyclic) bond motifs is 3. The highest BCUT2D eigenvalue weighted by Crippen LogP contribution is 2.36. The molecule has 1 aliphatic heterocycles. The summed E-state index contributed by atoms with van der Waals surface area (Å²) in [6, 6.07) is 15.7. The molecule has 0 spiro atoms. The van der Waals surface area contributed by atoms with Gasteiger partial charge < -0.3 is 5.32 Å². The quantitative estimate of drug-likeness (QED) is 0.604. The van der Waals surface area contributed by atoms with Crippen LogP contribution in [0.2, 0.25) is 0 Å². The smallest absolute Gasteiger partial charge is 0.225 e. The van der Waals surface area contributed by atoms with E-state index in [1.54, 1.807) is 0 Å². The third-order valence-corrected chi connectivity index (χ3v) is 2.71. The fourth-order valence-electron chi connectivity index (χ4n) is 1.95. The van der Waals surface area contributed by atoms with Gasteiger partial charge in [0, 0.05) is 16.8 Å². The predicted octanol–water partition coefficient (Wildman–Crippen LogP) is 2.75. The first-order valence-corrected chi connectivity index (χ1v) is 5.33. The highest BCUT2D eigenvalue weighted by atomic mass is 16.5. The number of hydroxylamine groups is 1. The summed E-state index contributed by atoms with van der Waals surface area (Å²) >= 11 is 0. The van der Waals surface area contributed by atoms with Gasteiger partial charge in [0.15, 0.2) is 0 Å². The minimum atomic E-state index is 0.322. The Morgan fingerprint density at radius 1 is 0.941 bits per heavy atom. The molecule has 84 valence electrons. The fraction of sp³-hybridized carbons (Fsp3) is 0. The average Bonchev–Trinajstić information content (AvgIpc) is 2.55. The monoisotopic (exact) mass is 225 g/mol. The van der Waals surface area contributed by atoms with Crippen LogP contribution in [-0.2, 0) is 0 Å². The molecule has 0 saturated heterocycles. The van der Waals surface area contributed by atoms with Crippen LogP contribution in [-0.4, -0.2) is 11.2 Å². The summed E-state index contributed by atoms with van der Waals surface area (Å²) in [5, 5.41) is 12.1. The summed E-state index contributed by atoms with van der Waals surface area (Å²) in [4.78, 5) is 4.32. The third-order valence-electron chi connectivity index (χ3n) is 2.71. The minimum absolute atomic E-state index is 0.322. The number of nitrogens with zero attached hydrogens (tertiary/aromatic N) is 1. The zero-order valence-corrected chi connectivity index (χ0v) is 9.01. The van der Waals surface area contributed by atoms with Crippen molar-refractivity contribution in [3.63, 3.8) is 0 Å². The molecule has 0 fully saturated rings. The van der Waals surface area contributed by atoms with Crippen LogP contribution in [0.3, 0.4) is 0 Å². The standard InChI is InChI=1S/C13H11N3O/c17-16-13-14-11-7-3-1-5-9(11)10-6-2-4-8-12(10)15-13/h1-8,17H,(H2,14,15,16). The molecule has 3 N–H and O–H groups in total. The number of nitrogens with one attached hydrogen (secondary N) is 2. The summed E-state index contributed by atoms with van der Waals surface area (Å²) in [7, 11) is 0. The van der Waals surface area contributed by atoms with Gasteiger partial charge in [-0.15, -0.1) is 0 Å². The highest BCUT2D eigenvalue weighted by Gasteiger charge is 2.14. The molecule has 0 aromatic heterocycles. The van der Waals surface area contributed by atoms with Crippen molar-refractivity contribution in [2.45, 2.75) is 0 Å². The number of rotatable bonds is 0. The number of benzene rings is 2. The lowest BCUT2D eigenvalue weighted by atomic mass is 10.0. The van der Waals surface area contributed by atoms with Gasteiger partial charge in [0.05, 0.1) is 5.69 Å². The summed E-state index contributed by atoms with van der Waals surface area (Å²) < 4.78 is 0. The Balaban J connectivity index is 2.29. The van der Waals surface area contributed by atoms with E-state index in [1.807, 2.05) is 48.5 Å². The van der Waals surface area contributed by atoms with E-state index in [0.717, 1.165) is 22.5 Å². The Bertz CT molecular complexity index is 593. The van der Waals surface area contributed by atoms with Crippen LogP contribution in [0, 0.1) is 0 Å². The van der Waals surface area contributed by atoms with Crippen molar-refractivity contribution in [1.29, 1.82) is 0 Å². The molecule has 4 heteroatoms. The molecule has 2 aromatic carbocycles. The van der Waals surface area contributed by atoms with E-state index in [-0.39, 0.29) is 0 Å². The number of hydrogen-bond donors (Lipinski definition) is 3. The van der Waals surface area contributed by atoms with Gasteiger partial charge in [-0.25, -0.2) is 10.5 Å². The Kier molecular flexibility index (Phi) is 2.27. The maximum absolute atomic E-state index is 9.02. The van der Waals surface area contributed by atoms with Crippen molar-refractivity contribution in [3.8, 4) is 11.1 Å². The SMILES string of the molecule is ONC1=Nc2ccccc2-c2ccccc2N1. The van der Waals surface area contributed by atoms with Crippen LogP contribution < -0.4 is 10.8 Å². The van der Waals surface area contributed by atoms with E-state index in [9.17, 15) is 0 Å².